The Morgan fingerprint density at radius 3 is 2.62 bits per heavy atom. The Balaban J connectivity index is 1.86. The van der Waals surface area contributed by atoms with E-state index in [0.29, 0.717) is 18.0 Å². The lowest BCUT2D eigenvalue weighted by Crippen LogP contribution is -2.36. The maximum atomic E-state index is 10.3. The molecular weight excluding hydrogens is 328 g/mol. The fourth-order valence-electron chi connectivity index (χ4n) is 3.38. The number of likely N-dealkylation sites (tertiary alicyclic amines) is 1. The number of benzene rings is 1. The van der Waals surface area contributed by atoms with Gasteiger partial charge in [0.25, 0.3) is 0 Å². The van der Waals surface area contributed by atoms with Gasteiger partial charge in [0.05, 0.1) is 7.11 Å². The highest BCUT2D eigenvalue weighted by atomic mass is 16.5. The van der Waals surface area contributed by atoms with Crippen LogP contribution < -0.4 is 9.47 Å². The Morgan fingerprint density at radius 1 is 1.23 bits per heavy atom. The molecule has 0 unspecified atom stereocenters. The average molecular weight is 363 g/mol. The van der Waals surface area contributed by atoms with E-state index in [1.54, 1.807) is 7.11 Å². The van der Waals surface area contributed by atoms with E-state index in [-0.39, 0.29) is 6.61 Å². The van der Waals surface area contributed by atoms with Crippen LogP contribution in [0, 0.1) is 0 Å². The number of hydrogen-bond acceptors (Lipinski definition) is 5. The fourth-order valence-corrected chi connectivity index (χ4v) is 3.38. The zero-order chi connectivity index (χ0) is 18.8. The van der Waals surface area contributed by atoms with Gasteiger partial charge in [-0.15, -0.1) is 6.58 Å². The van der Waals surface area contributed by atoms with Gasteiger partial charge in [0, 0.05) is 19.6 Å². The number of rotatable bonds is 10. The number of methoxy groups -OCH3 is 1. The number of nitrogens with zero attached hydrogens (tertiary/aromatic N) is 2. The largest absolute Gasteiger partial charge is 0.493 e. The van der Waals surface area contributed by atoms with Gasteiger partial charge >= 0.3 is 0 Å². The third-order valence-electron chi connectivity index (χ3n) is 4.72. The molecule has 1 atom stereocenters. The molecule has 0 radical (unpaired) electrons. The minimum atomic E-state index is -0.490. The molecule has 1 aromatic carbocycles. The van der Waals surface area contributed by atoms with Gasteiger partial charge < -0.3 is 19.5 Å². The van der Waals surface area contributed by atoms with Crippen LogP contribution in [0.3, 0.4) is 0 Å². The van der Waals surface area contributed by atoms with E-state index >= 15 is 0 Å². The summed E-state index contributed by atoms with van der Waals surface area (Å²) in [6.07, 6.45) is 6.45. The summed E-state index contributed by atoms with van der Waals surface area (Å²) in [5.74, 6) is 1.38. The number of aliphatic hydroxyl groups is 1. The van der Waals surface area contributed by atoms with Crippen LogP contribution in [0.4, 0.5) is 0 Å². The summed E-state index contributed by atoms with van der Waals surface area (Å²) < 4.78 is 11.3. The van der Waals surface area contributed by atoms with Gasteiger partial charge in [-0.1, -0.05) is 25.0 Å². The minimum absolute atomic E-state index is 0.280. The van der Waals surface area contributed by atoms with Crippen molar-refractivity contribution in [3.05, 3.63) is 36.4 Å². The standard InChI is InChI=1S/C21H34N2O3/c1-4-11-22(2)15-18-9-10-20(21(14-18)25-3)26-17-19(24)16-23-12-7-5-6-8-13-23/h4,9-10,14,19,24H,1,5-8,11-13,15-17H2,2-3H3/t19-/m1/s1. The molecule has 0 bridgehead atoms. The van der Waals surface area contributed by atoms with Crippen LogP contribution in [0.15, 0.2) is 30.9 Å². The van der Waals surface area contributed by atoms with Crippen molar-refractivity contribution in [2.75, 3.05) is 46.9 Å². The first kappa shape index (κ1) is 20.7. The van der Waals surface area contributed by atoms with Gasteiger partial charge in [0.2, 0.25) is 0 Å². The van der Waals surface area contributed by atoms with Crippen LogP contribution in [-0.2, 0) is 6.54 Å². The number of β-amino-alcohol motifs (C(OH)–C–C–N with tert-alkyl or cyclic N) is 1. The monoisotopic (exact) mass is 362 g/mol. The zero-order valence-electron chi connectivity index (χ0n) is 16.3. The van der Waals surface area contributed by atoms with E-state index in [4.69, 9.17) is 9.47 Å². The van der Waals surface area contributed by atoms with Crippen molar-refractivity contribution in [2.45, 2.75) is 38.3 Å². The maximum Gasteiger partial charge on any atom is 0.161 e. The van der Waals surface area contributed by atoms with Gasteiger partial charge in [-0.25, -0.2) is 0 Å². The quantitative estimate of drug-likeness (QED) is 0.649. The molecule has 26 heavy (non-hydrogen) atoms. The predicted octanol–water partition coefficient (Wildman–Crippen LogP) is 2.93. The summed E-state index contributed by atoms with van der Waals surface area (Å²) in [4.78, 5) is 4.52. The Morgan fingerprint density at radius 2 is 1.96 bits per heavy atom. The van der Waals surface area contributed by atoms with Crippen LogP contribution in [0.1, 0.15) is 31.2 Å². The Labute approximate surface area is 158 Å². The van der Waals surface area contributed by atoms with Crippen LogP contribution in [-0.4, -0.2) is 68.0 Å². The third-order valence-corrected chi connectivity index (χ3v) is 4.72. The second-order valence-electron chi connectivity index (χ2n) is 7.15. The van der Waals surface area contributed by atoms with Gasteiger partial charge in [0.15, 0.2) is 11.5 Å². The van der Waals surface area contributed by atoms with Crippen LogP contribution in [0.5, 0.6) is 11.5 Å². The fraction of sp³-hybridized carbons (Fsp3) is 0.619. The normalized spacial score (nSPS) is 16.9. The van der Waals surface area contributed by atoms with Crippen molar-refractivity contribution < 1.29 is 14.6 Å². The van der Waals surface area contributed by atoms with E-state index in [2.05, 4.69) is 23.4 Å². The number of aliphatic hydroxyl groups excluding tert-OH is 1. The van der Waals surface area contributed by atoms with E-state index in [9.17, 15) is 5.11 Å². The second-order valence-corrected chi connectivity index (χ2v) is 7.15. The molecule has 0 aliphatic carbocycles. The first-order valence-corrected chi connectivity index (χ1v) is 9.62. The zero-order valence-corrected chi connectivity index (χ0v) is 16.3. The number of ether oxygens (including phenoxy) is 2. The first-order valence-electron chi connectivity index (χ1n) is 9.62. The molecule has 1 aliphatic rings. The third kappa shape index (κ3) is 6.98. The summed E-state index contributed by atoms with van der Waals surface area (Å²) in [5, 5.41) is 10.3. The van der Waals surface area contributed by atoms with Crippen molar-refractivity contribution >= 4 is 0 Å². The molecule has 0 aromatic heterocycles. The summed E-state index contributed by atoms with van der Waals surface area (Å²) in [7, 11) is 3.70. The summed E-state index contributed by atoms with van der Waals surface area (Å²) >= 11 is 0. The van der Waals surface area contributed by atoms with Crippen molar-refractivity contribution in [2.24, 2.45) is 0 Å². The van der Waals surface area contributed by atoms with Gasteiger partial charge in [-0.2, -0.15) is 0 Å². The molecule has 0 spiro atoms. The van der Waals surface area contributed by atoms with Crippen LogP contribution >= 0.6 is 0 Å². The van der Waals surface area contributed by atoms with Crippen molar-refractivity contribution in [3.8, 4) is 11.5 Å². The number of hydrogen-bond donors (Lipinski definition) is 1. The van der Waals surface area contributed by atoms with E-state index in [0.717, 1.165) is 31.7 Å². The Bertz CT molecular complexity index is 542. The summed E-state index contributed by atoms with van der Waals surface area (Å²) in [5.41, 5.74) is 1.16. The molecule has 0 amide bonds. The van der Waals surface area contributed by atoms with E-state index in [1.807, 2.05) is 24.3 Å². The molecule has 5 nitrogen and oxygen atoms in total. The maximum absolute atomic E-state index is 10.3. The lowest BCUT2D eigenvalue weighted by molar-refractivity contribution is 0.0683. The molecule has 1 aliphatic heterocycles. The Kier molecular flexibility index (Phi) is 8.95. The van der Waals surface area contributed by atoms with Crippen LogP contribution in [0.25, 0.3) is 0 Å². The molecule has 1 heterocycles. The van der Waals surface area contributed by atoms with Crippen molar-refractivity contribution in [3.63, 3.8) is 0 Å². The number of likely N-dealkylation sites (N-methyl/N-ethyl adjacent to an activating group) is 1. The highest BCUT2D eigenvalue weighted by Crippen LogP contribution is 2.28. The SMILES string of the molecule is C=CCN(C)Cc1ccc(OC[C@H](O)CN2CCCCCC2)c(OC)c1. The van der Waals surface area contributed by atoms with Gasteiger partial charge in [0.1, 0.15) is 12.7 Å². The second kappa shape index (κ2) is 11.2. The smallest absolute Gasteiger partial charge is 0.161 e. The van der Waals surface area contributed by atoms with Gasteiger partial charge in [-0.05, 0) is 50.7 Å². The topological polar surface area (TPSA) is 45.2 Å². The molecule has 1 N–H and O–H groups in total. The first-order chi connectivity index (χ1) is 12.6. The van der Waals surface area contributed by atoms with Crippen molar-refractivity contribution in [1.29, 1.82) is 0 Å². The predicted molar refractivity (Wildman–Crippen MR) is 106 cm³/mol. The highest BCUT2D eigenvalue weighted by Gasteiger charge is 2.15. The molecule has 5 heteroatoms. The van der Waals surface area contributed by atoms with Crippen LogP contribution in [0.2, 0.25) is 0 Å². The average Bonchev–Trinajstić information content (AvgIpc) is 2.89. The molecule has 1 saturated heterocycles. The van der Waals surface area contributed by atoms with E-state index < -0.39 is 6.10 Å². The molecular formula is C21H34N2O3. The molecule has 0 saturated carbocycles. The highest BCUT2D eigenvalue weighted by molar-refractivity contribution is 5.43. The minimum Gasteiger partial charge on any atom is -0.493 e. The molecule has 1 fully saturated rings. The molecule has 1 aromatic rings. The summed E-state index contributed by atoms with van der Waals surface area (Å²) in [6.45, 7) is 8.53. The van der Waals surface area contributed by atoms with Crippen molar-refractivity contribution in [1.82, 2.24) is 9.80 Å². The van der Waals surface area contributed by atoms with Gasteiger partial charge in [-0.3, -0.25) is 4.90 Å². The lowest BCUT2D eigenvalue weighted by atomic mass is 10.2. The van der Waals surface area contributed by atoms with E-state index in [1.165, 1.54) is 25.7 Å². The summed E-state index contributed by atoms with van der Waals surface area (Å²) in [6, 6.07) is 5.96. The Hall–Kier alpha value is -1.56. The lowest BCUT2D eigenvalue weighted by Gasteiger charge is -2.23. The molecule has 2 rings (SSSR count). The molecule has 146 valence electrons.